The maximum Gasteiger partial charge on any atom is 0.229 e. The first-order chi connectivity index (χ1) is 13.5. The summed E-state index contributed by atoms with van der Waals surface area (Å²) >= 11 is 6.18. The number of halogens is 1. The van der Waals surface area contributed by atoms with E-state index in [-0.39, 0.29) is 0 Å². The van der Waals surface area contributed by atoms with Gasteiger partial charge in [0.1, 0.15) is 23.9 Å². The molecule has 0 aliphatic heterocycles. The summed E-state index contributed by atoms with van der Waals surface area (Å²) in [5.41, 5.74) is 2.69. The van der Waals surface area contributed by atoms with Crippen molar-refractivity contribution in [2.45, 2.75) is 13.8 Å². The highest BCUT2D eigenvalue weighted by Crippen LogP contribution is 2.25. The van der Waals surface area contributed by atoms with Gasteiger partial charge in [0.2, 0.25) is 5.95 Å². The lowest BCUT2D eigenvalue weighted by Crippen LogP contribution is -2.13. The number of methoxy groups -OCH3 is 1. The third kappa shape index (κ3) is 5.27. The first-order valence-corrected chi connectivity index (χ1v) is 9.31. The van der Waals surface area contributed by atoms with Gasteiger partial charge in [-0.25, -0.2) is 4.98 Å². The van der Waals surface area contributed by atoms with Gasteiger partial charge < -0.3 is 20.1 Å². The molecule has 7 heteroatoms. The number of aromatic nitrogens is 2. The predicted molar refractivity (Wildman–Crippen MR) is 113 cm³/mol. The molecule has 1 heterocycles. The fourth-order valence-electron chi connectivity index (χ4n) is 2.60. The van der Waals surface area contributed by atoms with Gasteiger partial charge in [-0.3, -0.25) is 0 Å². The Hall–Kier alpha value is -2.99. The van der Waals surface area contributed by atoms with Crippen LogP contribution in [0.3, 0.4) is 0 Å². The molecule has 2 aromatic carbocycles. The number of nitrogens with one attached hydrogen (secondary N) is 2. The number of hydrogen-bond acceptors (Lipinski definition) is 6. The maximum absolute atomic E-state index is 6.18. The number of anilines is 3. The van der Waals surface area contributed by atoms with Crippen LogP contribution in [0.5, 0.6) is 11.5 Å². The molecule has 28 heavy (non-hydrogen) atoms. The summed E-state index contributed by atoms with van der Waals surface area (Å²) in [6.07, 6.45) is 0. The van der Waals surface area contributed by atoms with Crippen molar-refractivity contribution in [3.05, 3.63) is 64.8 Å². The number of hydrogen-bond donors (Lipinski definition) is 2. The minimum absolute atomic E-state index is 0.505. The smallest absolute Gasteiger partial charge is 0.229 e. The molecule has 6 nitrogen and oxygen atoms in total. The van der Waals surface area contributed by atoms with Crippen LogP contribution >= 0.6 is 11.6 Å². The van der Waals surface area contributed by atoms with E-state index in [2.05, 4.69) is 20.6 Å². The quantitative estimate of drug-likeness (QED) is 0.521. The van der Waals surface area contributed by atoms with E-state index in [0.717, 1.165) is 34.3 Å². The molecule has 0 amide bonds. The SMILES string of the molecule is COc1ccc(OCCNc2cc(C)nc(Nc3cccc(Cl)c3C)n2)cc1. The van der Waals surface area contributed by atoms with Gasteiger partial charge in [-0.15, -0.1) is 0 Å². The van der Waals surface area contributed by atoms with Gasteiger partial charge in [0, 0.05) is 22.5 Å². The monoisotopic (exact) mass is 398 g/mol. The van der Waals surface area contributed by atoms with E-state index in [1.807, 2.05) is 62.4 Å². The van der Waals surface area contributed by atoms with Crippen LogP contribution in [0.4, 0.5) is 17.5 Å². The highest BCUT2D eigenvalue weighted by Gasteiger charge is 2.06. The van der Waals surface area contributed by atoms with Crippen molar-refractivity contribution in [2.24, 2.45) is 0 Å². The maximum atomic E-state index is 6.18. The molecule has 0 radical (unpaired) electrons. The van der Waals surface area contributed by atoms with E-state index in [4.69, 9.17) is 21.1 Å². The second-order valence-corrected chi connectivity index (χ2v) is 6.61. The van der Waals surface area contributed by atoms with Crippen molar-refractivity contribution in [2.75, 3.05) is 30.9 Å². The molecule has 3 rings (SSSR count). The number of aryl methyl sites for hydroxylation is 1. The minimum Gasteiger partial charge on any atom is -0.497 e. The molecule has 0 bridgehead atoms. The van der Waals surface area contributed by atoms with Gasteiger partial charge in [0.25, 0.3) is 0 Å². The number of ether oxygens (including phenoxy) is 2. The highest BCUT2D eigenvalue weighted by molar-refractivity contribution is 6.31. The van der Waals surface area contributed by atoms with Crippen LogP contribution < -0.4 is 20.1 Å². The second kappa shape index (κ2) is 9.28. The van der Waals surface area contributed by atoms with E-state index in [1.54, 1.807) is 7.11 Å². The topological polar surface area (TPSA) is 68.3 Å². The van der Waals surface area contributed by atoms with Crippen molar-refractivity contribution in [3.63, 3.8) is 0 Å². The third-order valence-electron chi connectivity index (χ3n) is 4.10. The van der Waals surface area contributed by atoms with Gasteiger partial charge >= 0.3 is 0 Å². The first kappa shape index (κ1) is 19.8. The Morgan fingerprint density at radius 2 is 1.75 bits per heavy atom. The van der Waals surface area contributed by atoms with Crippen molar-refractivity contribution < 1.29 is 9.47 Å². The fraction of sp³-hybridized carbons (Fsp3) is 0.238. The van der Waals surface area contributed by atoms with E-state index in [0.29, 0.717) is 24.1 Å². The first-order valence-electron chi connectivity index (χ1n) is 8.93. The van der Waals surface area contributed by atoms with E-state index >= 15 is 0 Å². The van der Waals surface area contributed by atoms with Gasteiger partial charge in [-0.05, 0) is 55.8 Å². The molecule has 1 aromatic heterocycles. The molecule has 0 unspecified atom stereocenters. The lowest BCUT2D eigenvalue weighted by atomic mass is 10.2. The van der Waals surface area contributed by atoms with Crippen LogP contribution in [0.25, 0.3) is 0 Å². The lowest BCUT2D eigenvalue weighted by Gasteiger charge is -2.12. The lowest BCUT2D eigenvalue weighted by molar-refractivity contribution is 0.331. The number of nitrogens with zero attached hydrogens (tertiary/aromatic N) is 2. The van der Waals surface area contributed by atoms with Crippen LogP contribution in [-0.4, -0.2) is 30.2 Å². The summed E-state index contributed by atoms with van der Waals surface area (Å²) in [5.74, 6) is 2.84. The van der Waals surface area contributed by atoms with E-state index in [1.165, 1.54) is 0 Å². The standard InChI is InChI=1S/C21H23ClN4O2/c1-14-13-20(23-11-12-28-17-9-7-16(27-3)8-10-17)26-21(24-14)25-19-6-4-5-18(22)15(19)2/h4-10,13H,11-12H2,1-3H3,(H2,23,24,25,26). The largest absolute Gasteiger partial charge is 0.497 e. The Morgan fingerprint density at radius 1 is 1.00 bits per heavy atom. The van der Waals surface area contributed by atoms with E-state index in [9.17, 15) is 0 Å². The molecule has 0 fully saturated rings. The normalized spacial score (nSPS) is 10.4. The van der Waals surface area contributed by atoms with Crippen molar-refractivity contribution in [1.29, 1.82) is 0 Å². The van der Waals surface area contributed by atoms with Crippen LogP contribution in [0, 0.1) is 13.8 Å². The molecule has 0 atom stereocenters. The average Bonchev–Trinajstić information content (AvgIpc) is 2.69. The molecule has 0 spiro atoms. The van der Waals surface area contributed by atoms with Gasteiger partial charge in [0.15, 0.2) is 0 Å². The Morgan fingerprint density at radius 3 is 2.50 bits per heavy atom. The molecule has 0 aliphatic rings. The zero-order valence-corrected chi connectivity index (χ0v) is 16.9. The van der Waals surface area contributed by atoms with Gasteiger partial charge in [-0.1, -0.05) is 17.7 Å². The van der Waals surface area contributed by atoms with Crippen LogP contribution in [-0.2, 0) is 0 Å². The van der Waals surface area contributed by atoms with Crippen LogP contribution in [0.15, 0.2) is 48.5 Å². The number of rotatable bonds is 8. The molecule has 146 valence electrons. The van der Waals surface area contributed by atoms with Crippen molar-refractivity contribution in [1.82, 2.24) is 9.97 Å². The van der Waals surface area contributed by atoms with Gasteiger partial charge in [-0.2, -0.15) is 4.98 Å². The molecule has 0 aliphatic carbocycles. The van der Waals surface area contributed by atoms with Crippen molar-refractivity contribution >= 4 is 29.1 Å². The molecular formula is C21H23ClN4O2. The fourth-order valence-corrected chi connectivity index (χ4v) is 2.77. The third-order valence-corrected chi connectivity index (χ3v) is 4.51. The highest BCUT2D eigenvalue weighted by atomic mass is 35.5. The summed E-state index contributed by atoms with van der Waals surface area (Å²) in [7, 11) is 1.64. The number of benzene rings is 2. The minimum atomic E-state index is 0.505. The average molecular weight is 399 g/mol. The second-order valence-electron chi connectivity index (χ2n) is 6.21. The van der Waals surface area contributed by atoms with Gasteiger partial charge in [0.05, 0.1) is 13.7 Å². The van der Waals surface area contributed by atoms with Crippen LogP contribution in [0.2, 0.25) is 5.02 Å². The molecule has 3 aromatic rings. The zero-order valence-electron chi connectivity index (χ0n) is 16.1. The summed E-state index contributed by atoms with van der Waals surface area (Å²) in [6, 6.07) is 15.1. The Labute approximate surface area is 169 Å². The van der Waals surface area contributed by atoms with Crippen molar-refractivity contribution in [3.8, 4) is 11.5 Å². The van der Waals surface area contributed by atoms with Crippen LogP contribution in [0.1, 0.15) is 11.3 Å². The molecule has 0 saturated carbocycles. The summed E-state index contributed by atoms with van der Waals surface area (Å²) in [6.45, 7) is 5.00. The summed E-state index contributed by atoms with van der Waals surface area (Å²) in [4.78, 5) is 8.96. The predicted octanol–water partition coefficient (Wildman–Crippen LogP) is 4.99. The molecule has 2 N–H and O–H groups in total. The Balaban J connectivity index is 1.57. The zero-order chi connectivity index (χ0) is 19.9. The molecule has 0 saturated heterocycles. The van der Waals surface area contributed by atoms with E-state index < -0.39 is 0 Å². The summed E-state index contributed by atoms with van der Waals surface area (Å²) in [5, 5.41) is 7.20. The summed E-state index contributed by atoms with van der Waals surface area (Å²) < 4.78 is 10.9. The Bertz CT molecular complexity index is 932. The molecular weight excluding hydrogens is 376 g/mol. The Kier molecular flexibility index (Phi) is 6.55.